The van der Waals surface area contributed by atoms with E-state index in [4.69, 9.17) is 11.5 Å². The van der Waals surface area contributed by atoms with Gasteiger partial charge in [0.15, 0.2) is 6.23 Å². The molecule has 0 saturated carbocycles. The molecule has 4 nitrogen and oxygen atoms in total. The second-order valence-electron chi connectivity index (χ2n) is 3.00. The fraction of sp³-hybridized carbons (Fsp3) is 0.300. The average Bonchev–Trinajstić information content (AvgIpc) is 2.15. The van der Waals surface area contributed by atoms with Gasteiger partial charge in [-0.3, -0.25) is 5.73 Å². The molecule has 0 aliphatic carbocycles. The lowest BCUT2D eigenvalue weighted by molar-refractivity contribution is 0.105. The lowest BCUT2D eigenvalue weighted by Crippen LogP contribution is -2.30. The molecule has 0 heterocycles. The van der Waals surface area contributed by atoms with E-state index in [1.807, 2.05) is 30.3 Å². The summed E-state index contributed by atoms with van der Waals surface area (Å²) in [5, 5.41) is 0. The minimum absolute atomic E-state index is 0.576. The first-order valence-electron chi connectivity index (χ1n) is 4.44. The maximum Gasteiger partial charge on any atom is 0.406 e. The molecule has 1 aromatic rings. The molecule has 14 heavy (non-hydrogen) atoms. The molecule has 0 bridgehead atoms. The van der Waals surface area contributed by atoms with Crippen molar-refractivity contribution in [1.82, 2.24) is 0 Å². The Hall–Kier alpha value is -1.55. The van der Waals surface area contributed by atoms with Crippen LogP contribution in [0.2, 0.25) is 0 Å². The van der Waals surface area contributed by atoms with Crippen LogP contribution in [0.3, 0.4) is 0 Å². The zero-order chi connectivity index (χ0) is 10.4. The molecule has 1 aromatic carbocycles. The van der Waals surface area contributed by atoms with Crippen molar-refractivity contribution in [2.75, 3.05) is 0 Å². The lowest BCUT2D eigenvalue weighted by Gasteiger charge is -2.10. The van der Waals surface area contributed by atoms with E-state index in [2.05, 4.69) is 4.74 Å². The minimum atomic E-state index is -0.828. The van der Waals surface area contributed by atoms with Gasteiger partial charge in [0.05, 0.1) is 0 Å². The molecular formula is C10H14N2O2. The Morgan fingerprint density at radius 3 is 2.57 bits per heavy atom. The number of hydrogen-bond acceptors (Lipinski definition) is 3. The molecular weight excluding hydrogens is 180 g/mol. The number of primary amides is 1. The molecule has 1 rings (SSSR count). The predicted molar refractivity (Wildman–Crippen MR) is 53.4 cm³/mol. The standard InChI is InChI=1S/C10H14N2O2/c11-9(14-10(12)13)7-6-8-4-2-1-3-5-8/h1-5,9H,6-7,11H2,(H2,12,13). The van der Waals surface area contributed by atoms with Gasteiger partial charge in [-0.1, -0.05) is 30.3 Å². The SMILES string of the molecule is NC(=O)OC(N)CCc1ccccc1. The van der Waals surface area contributed by atoms with Gasteiger partial charge in [-0.2, -0.15) is 0 Å². The molecule has 1 amide bonds. The zero-order valence-corrected chi connectivity index (χ0v) is 7.85. The van der Waals surface area contributed by atoms with Gasteiger partial charge in [-0.25, -0.2) is 4.79 Å². The Morgan fingerprint density at radius 1 is 1.36 bits per heavy atom. The van der Waals surface area contributed by atoms with Crippen LogP contribution in [0.1, 0.15) is 12.0 Å². The van der Waals surface area contributed by atoms with Gasteiger partial charge >= 0.3 is 6.09 Å². The topological polar surface area (TPSA) is 78.3 Å². The first kappa shape index (κ1) is 10.5. The molecule has 4 heteroatoms. The van der Waals surface area contributed by atoms with Crippen molar-refractivity contribution < 1.29 is 9.53 Å². The molecule has 0 aliphatic heterocycles. The highest BCUT2D eigenvalue weighted by molar-refractivity contribution is 5.64. The van der Waals surface area contributed by atoms with E-state index in [9.17, 15) is 4.79 Å². The number of nitrogens with two attached hydrogens (primary N) is 2. The quantitative estimate of drug-likeness (QED) is 0.702. The number of benzene rings is 1. The van der Waals surface area contributed by atoms with Crippen LogP contribution in [0.25, 0.3) is 0 Å². The molecule has 0 radical (unpaired) electrons. The first-order valence-corrected chi connectivity index (χ1v) is 4.44. The average molecular weight is 194 g/mol. The highest BCUT2D eigenvalue weighted by Gasteiger charge is 2.05. The Bertz CT molecular complexity index is 287. The number of amides is 1. The van der Waals surface area contributed by atoms with E-state index in [-0.39, 0.29) is 0 Å². The fourth-order valence-corrected chi connectivity index (χ4v) is 1.16. The number of carbonyl (C=O) groups is 1. The smallest absolute Gasteiger partial charge is 0.406 e. The Labute approximate surface area is 82.8 Å². The Kier molecular flexibility index (Phi) is 3.94. The molecule has 76 valence electrons. The monoisotopic (exact) mass is 194 g/mol. The van der Waals surface area contributed by atoms with Crippen LogP contribution in [-0.2, 0) is 11.2 Å². The summed E-state index contributed by atoms with van der Waals surface area (Å²) in [5.74, 6) is 0. The second-order valence-corrected chi connectivity index (χ2v) is 3.00. The third kappa shape index (κ3) is 3.91. The van der Waals surface area contributed by atoms with E-state index >= 15 is 0 Å². The van der Waals surface area contributed by atoms with Crippen LogP contribution in [0.5, 0.6) is 0 Å². The van der Waals surface area contributed by atoms with E-state index in [1.165, 1.54) is 0 Å². The third-order valence-corrected chi connectivity index (χ3v) is 1.83. The van der Waals surface area contributed by atoms with Gasteiger partial charge in [-0.15, -0.1) is 0 Å². The van der Waals surface area contributed by atoms with Crippen molar-refractivity contribution in [3.05, 3.63) is 35.9 Å². The van der Waals surface area contributed by atoms with Crippen LogP contribution < -0.4 is 11.5 Å². The van der Waals surface area contributed by atoms with Gasteiger partial charge in [0, 0.05) is 6.42 Å². The number of rotatable bonds is 4. The summed E-state index contributed by atoms with van der Waals surface area (Å²) in [7, 11) is 0. The molecule has 1 atom stereocenters. The molecule has 1 unspecified atom stereocenters. The van der Waals surface area contributed by atoms with Crippen LogP contribution in [0, 0.1) is 0 Å². The zero-order valence-electron chi connectivity index (χ0n) is 7.85. The van der Waals surface area contributed by atoms with Crippen LogP contribution in [0.4, 0.5) is 4.79 Å². The highest BCUT2D eigenvalue weighted by atomic mass is 16.6. The van der Waals surface area contributed by atoms with Gasteiger partial charge in [0.2, 0.25) is 0 Å². The van der Waals surface area contributed by atoms with Crippen LogP contribution >= 0.6 is 0 Å². The van der Waals surface area contributed by atoms with Crippen molar-refractivity contribution in [2.45, 2.75) is 19.1 Å². The van der Waals surface area contributed by atoms with Crippen molar-refractivity contribution >= 4 is 6.09 Å². The highest BCUT2D eigenvalue weighted by Crippen LogP contribution is 2.04. The van der Waals surface area contributed by atoms with Crippen molar-refractivity contribution in [3.8, 4) is 0 Å². The Morgan fingerprint density at radius 2 is 2.00 bits per heavy atom. The number of ether oxygens (including phenoxy) is 1. The normalized spacial score (nSPS) is 12.1. The summed E-state index contributed by atoms with van der Waals surface area (Å²) < 4.78 is 4.59. The summed E-state index contributed by atoms with van der Waals surface area (Å²) in [6, 6.07) is 9.85. The summed E-state index contributed by atoms with van der Waals surface area (Å²) in [6.45, 7) is 0. The largest absolute Gasteiger partial charge is 0.431 e. The fourth-order valence-electron chi connectivity index (χ4n) is 1.16. The van der Waals surface area contributed by atoms with Gasteiger partial charge < -0.3 is 10.5 Å². The van der Waals surface area contributed by atoms with Crippen LogP contribution in [-0.4, -0.2) is 12.3 Å². The van der Waals surface area contributed by atoms with Crippen molar-refractivity contribution in [2.24, 2.45) is 11.5 Å². The summed E-state index contributed by atoms with van der Waals surface area (Å²) in [5.41, 5.74) is 11.5. The van der Waals surface area contributed by atoms with E-state index in [1.54, 1.807) is 0 Å². The number of carbonyl (C=O) groups excluding carboxylic acids is 1. The van der Waals surface area contributed by atoms with E-state index in [0.29, 0.717) is 6.42 Å². The van der Waals surface area contributed by atoms with Gasteiger partial charge in [0.25, 0.3) is 0 Å². The maximum atomic E-state index is 10.3. The second kappa shape index (κ2) is 5.24. The molecule has 0 aromatic heterocycles. The number of hydrogen-bond donors (Lipinski definition) is 2. The molecule has 0 aliphatic rings. The number of aryl methyl sites for hydroxylation is 1. The van der Waals surface area contributed by atoms with Gasteiger partial charge in [0.1, 0.15) is 0 Å². The Balaban J connectivity index is 2.30. The molecule has 0 fully saturated rings. The summed E-state index contributed by atoms with van der Waals surface area (Å²) in [6.07, 6.45) is -0.0966. The van der Waals surface area contributed by atoms with E-state index < -0.39 is 12.3 Å². The van der Waals surface area contributed by atoms with Crippen LogP contribution in [0.15, 0.2) is 30.3 Å². The van der Waals surface area contributed by atoms with E-state index in [0.717, 1.165) is 12.0 Å². The lowest BCUT2D eigenvalue weighted by atomic mass is 10.1. The van der Waals surface area contributed by atoms with Crippen molar-refractivity contribution in [3.63, 3.8) is 0 Å². The summed E-state index contributed by atoms with van der Waals surface area (Å²) in [4.78, 5) is 10.3. The molecule has 0 saturated heterocycles. The minimum Gasteiger partial charge on any atom is -0.431 e. The van der Waals surface area contributed by atoms with Gasteiger partial charge in [-0.05, 0) is 12.0 Å². The molecule has 4 N–H and O–H groups in total. The third-order valence-electron chi connectivity index (χ3n) is 1.83. The first-order chi connectivity index (χ1) is 6.68. The summed E-state index contributed by atoms with van der Waals surface area (Å²) >= 11 is 0. The van der Waals surface area contributed by atoms with Crippen molar-refractivity contribution in [1.29, 1.82) is 0 Å². The molecule has 0 spiro atoms. The maximum absolute atomic E-state index is 10.3. The predicted octanol–water partition coefficient (Wildman–Crippen LogP) is 0.999.